The third-order valence-corrected chi connectivity index (χ3v) is 3.33. The standard InChI is InChI=1S/C13H17N3O3/c1-15-10(7-8-14-15)5-6-12(17)16-9-3-2-4-11(16)13(18)19/h5-8,11H,2-4,9H2,1H3,(H,18,19)/b6-5+/t11-/m1/s1. The molecule has 1 N–H and O–H groups in total. The van der Waals surface area contributed by atoms with E-state index in [0.29, 0.717) is 13.0 Å². The molecule has 2 heterocycles. The number of aliphatic carboxylic acids is 1. The summed E-state index contributed by atoms with van der Waals surface area (Å²) in [5, 5.41) is 13.1. The second-order valence-electron chi connectivity index (χ2n) is 4.59. The maximum absolute atomic E-state index is 12.1. The molecular weight excluding hydrogens is 246 g/mol. The molecule has 0 spiro atoms. The number of nitrogens with zero attached hydrogens (tertiary/aromatic N) is 3. The van der Waals surface area contributed by atoms with Crippen LogP contribution in [0.5, 0.6) is 0 Å². The van der Waals surface area contributed by atoms with E-state index < -0.39 is 12.0 Å². The predicted molar refractivity (Wildman–Crippen MR) is 69.2 cm³/mol. The number of carboxylic acid groups (broad SMARTS) is 1. The summed E-state index contributed by atoms with van der Waals surface area (Å²) in [6.07, 6.45) is 6.95. The average molecular weight is 263 g/mol. The van der Waals surface area contributed by atoms with Crippen molar-refractivity contribution in [1.82, 2.24) is 14.7 Å². The van der Waals surface area contributed by atoms with Crippen molar-refractivity contribution in [2.24, 2.45) is 7.05 Å². The minimum absolute atomic E-state index is 0.256. The molecule has 1 fully saturated rings. The Bertz CT molecular complexity index is 507. The number of aromatic nitrogens is 2. The fourth-order valence-electron chi connectivity index (χ4n) is 2.25. The molecule has 1 aromatic rings. The number of hydrogen-bond donors (Lipinski definition) is 1. The first-order chi connectivity index (χ1) is 9.09. The Labute approximate surface area is 111 Å². The van der Waals surface area contributed by atoms with E-state index in [1.165, 1.54) is 11.0 Å². The second-order valence-corrected chi connectivity index (χ2v) is 4.59. The number of piperidine rings is 1. The average Bonchev–Trinajstić information content (AvgIpc) is 2.81. The fourth-order valence-corrected chi connectivity index (χ4v) is 2.25. The lowest BCUT2D eigenvalue weighted by molar-refractivity contribution is -0.150. The predicted octanol–water partition coefficient (Wildman–Crippen LogP) is 0.899. The van der Waals surface area contributed by atoms with Crippen LogP contribution in [0.3, 0.4) is 0 Å². The SMILES string of the molecule is Cn1nccc1/C=C/C(=O)N1CCCC[C@@H]1C(=O)O. The van der Waals surface area contributed by atoms with Crippen molar-refractivity contribution in [1.29, 1.82) is 0 Å². The lowest BCUT2D eigenvalue weighted by Gasteiger charge is -2.32. The van der Waals surface area contributed by atoms with Crippen molar-refractivity contribution < 1.29 is 14.7 Å². The van der Waals surface area contributed by atoms with Gasteiger partial charge in [0.25, 0.3) is 0 Å². The molecule has 0 saturated carbocycles. The van der Waals surface area contributed by atoms with Crippen LogP contribution in [0.25, 0.3) is 6.08 Å². The van der Waals surface area contributed by atoms with Gasteiger partial charge < -0.3 is 10.0 Å². The van der Waals surface area contributed by atoms with Crippen molar-refractivity contribution >= 4 is 18.0 Å². The highest BCUT2D eigenvalue weighted by molar-refractivity contribution is 5.94. The van der Waals surface area contributed by atoms with E-state index >= 15 is 0 Å². The molecule has 6 nitrogen and oxygen atoms in total. The maximum Gasteiger partial charge on any atom is 0.326 e. The molecule has 1 aromatic heterocycles. The Morgan fingerprint density at radius 2 is 2.26 bits per heavy atom. The van der Waals surface area contributed by atoms with Gasteiger partial charge in [-0.3, -0.25) is 9.48 Å². The highest BCUT2D eigenvalue weighted by Crippen LogP contribution is 2.17. The molecule has 1 aliphatic heterocycles. The summed E-state index contributed by atoms with van der Waals surface area (Å²) < 4.78 is 1.65. The van der Waals surface area contributed by atoms with E-state index in [-0.39, 0.29) is 5.91 Å². The van der Waals surface area contributed by atoms with Gasteiger partial charge in [-0.2, -0.15) is 5.10 Å². The molecule has 0 radical (unpaired) electrons. The van der Waals surface area contributed by atoms with Gasteiger partial charge in [0.2, 0.25) is 5.91 Å². The number of carbonyl (C=O) groups excluding carboxylic acids is 1. The van der Waals surface area contributed by atoms with Gasteiger partial charge in [0.15, 0.2) is 0 Å². The van der Waals surface area contributed by atoms with Crippen LogP contribution in [0.4, 0.5) is 0 Å². The van der Waals surface area contributed by atoms with E-state index in [9.17, 15) is 9.59 Å². The van der Waals surface area contributed by atoms with Gasteiger partial charge in [-0.1, -0.05) is 0 Å². The molecular formula is C13H17N3O3. The van der Waals surface area contributed by atoms with E-state index in [1.807, 2.05) is 0 Å². The van der Waals surface area contributed by atoms with E-state index in [2.05, 4.69) is 5.10 Å². The van der Waals surface area contributed by atoms with E-state index in [1.54, 1.807) is 30.1 Å². The first-order valence-electron chi connectivity index (χ1n) is 6.29. The number of rotatable bonds is 3. The van der Waals surface area contributed by atoms with Gasteiger partial charge in [0.1, 0.15) is 6.04 Å². The van der Waals surface area contributed by atoms with Gasteiger partial charge in [0, 0.05) is 25.9 Å². The molecule has 1 aliphatic rings. The summed E-state index contributed by atoms with van der Waals surface area (Å²) in [7, 11) is 1.78. The number of amides is 1. The Morgan fingerprint density at radius 1 is 1.47 bits per heavy atom. The van der Waals surface area contributed by atoms with Gasteiger partial charge >= 0.3 is 5.97 Å². The van der Waals surface area contributed by atoms with Crippen LogP contribution in [-0.4, -0.2) is 44.3 Å². The maximum atomic E-state index is 12.1. The van der Waals surface area contributed by atoms with Crippen LogP contribution in [0.2, 0.25) is 0 Å². The lowest BCUT2D eigenvalue weighted by atomic mass is 10.0. The number of likely N-dealkylation sites (tertiary alicyclic amines) is 1. The summed E-state index contributed by atoms with van der Waals surface area (Å²) in [6, 6.07) is 1.09. The number of aryl methyl sites for hydroxylation is 1. The fraction of sp³-hybridized carbons (Fsp3) is 0.462. The zero-order chi connectivity index (χ0) is 13.8. The van der Waals surface area contributed by atoms with Gasteiger partial charge in [-0.25, -0.2) is 4.79 Å². The topological polar surface area (TPSA) is 75.4 Å². The molecule has 1 amide bonds. The first kappa shape index (κ1) is 13.3. The molecule has 1 atom stereocenters. The van der Waals surface area contributed by atoms with Crippen LogP contribution in [-0.2, 0) is 16.6 Å². The molecule has 102 valence electrons. The summed E-state index contributed by atoms with van der Waals surface area (Å²) in [5.74, 6) is -1.18. The minimum Gasteiger partial charge on any atom is -0.480 e. The highest BCUT2D eigenvalue weighted by atomic mass is 16.4. The Hall–Kier alpha value is -2.11. The van der Waals surface area contributed by atoms with Gasteiger partial charge in [-0.05, 0) is 31.4 Å². The minimum atomic E-state index is -0.929. The quantitative estimate of drug-likeness (QED) is 0.822. The van der Waals surface area contributed by atoms with E-state index in [0.717, 1.165) is 18.5 Å². The second kappa shape index (κ2) is 5.69. The summed E-state index contributed by atoms with van der Waals surface area (Å²) in [5.41, 5.74) is 0.803. The van der Waals surface area contributed by atoms with Crippen molar-refractivity contribution in [3.05, 3.63) is 24.0 Å². The van der Waals surface area contributed by atoms with Crippen molar-refractivity contribution in [2.45, 2.75) is 25.3 Å². The Balaban J connectivity index is 2.08. The normalized spacial score (nSPS) is 19.8. The molecule has 0 aromatic carbocycles. The van der Waals surface area contributed by atoms with Crippen molar-refractivity contribution in [3.63, 3.8) is 0 Å². The Morgan fingerprint density at radius 3 is 2.89 bits per heavy atom. The van der Waals surface area contributed by atoms with Crippen molar-refractivity contribution in [3.8, 4) is 0 Å². The third kappa shape index (κ3) is 3.01. The molecule has 1 saturated heterocycles. The molecule has 19 heavy (non-hydrogen) atoms. The highest BCUT2D eigenvalue weighted by Gasteiger charge is 2.30. The largest absolute Gasteiger partial charge is 0.480 e. The first-order valence-corrected chi connectivity index (χ1v) is 6.29. The molecule has 6 heteroatoms. The van der Waals surface area contributed by atoms with Gasteiger partial charge in [0.05, 0.1) is 5.69 Å². The third-order valence-electron chi connectivity index (χ3n) is 3.33. The number of carboxylic acids is 1. The van der Waals surface area contributed by atoms with Crippen LogP contribution in [0, 0.1) is 0 Å². The van der Waals surface area contributed by atoms with Crippen LogP contribution in [0.1, 0.15) is 25.0 Å². The Kier molecular flexibility index (Phi) is 3.99. The molecule has 0 aliphatic carbocycles. The molecule has 2 rings (SSSR count). The van der Waals surface area contributed by atoms with Crippen LogP contribution < -0.4 is 0 Å². The van der Waals surface area contributed by atoms with Crippen LogP contribution >= 0.6 is 0 Å². The number of carbonyl (C=O) groups is 2. The monoisotopic (exact) mass is 263 g/mol. The van der Waals surface area contributed by atoms with Crippen LogP contribution in [0.15, 0.2) is 18.3 Å². The molecule has 0 bridgehead atoms. The van der Waals surface area contributed by atoms with Gasteiger partial charge in [-0.15, -0.1) is 0 Å². The zero-order valence-electron chi connectivity index (χ0n) is 10.8. The summed E-state index contributed by atoms with van der Waals surface area (Å²) in [6.45, 7) is 0.505. The summed E-state index contributed by atoms with van der Waals surface area (Å²) >= 11 is 0. The summed E-state index contributed by atoms with van der Waals surface area (Å²) in [4.78, 5) is 24.6. The smallest absolute Gasteiger partial charge is 0.326 e. The zero-order valence-corrected chi connectivity index (χ0v) is 10.8. The van der Waals surface area contributed by atoms with E-state index in [4.69, 9.17) is 5.11 Å². The van der Waals surface area contributed by atoms with Crippen molar-refractivity contribution in [2.75, 3.05) is 6.54 Å². The number of hydrogen-bond acceptors (Lipinski definition) is 3. The lowest BCUT2D eigenvalue weighted by Crippen LogP contribution is -2.47. The molecule has 0 unspecified atom stereocenters.